The van der Waals surface area contributed by atoms with Crippen LogP contribution in [0.3, 0.4) is 0 Å². The van der Waals surface area contributed by atoms with Crippen molar-refractivity contribution >= 4 is 5.69 Å². The Bertz CT molecular complexity index is 740. The van der Waals surface area contributed by atoms with Crippen LogP contribution in [0, 0.1) is 0 Å². The number of hydrogen-bond acceptors (Lipinski definition) is 5. The smallest absolute Gasteiger partial charge is 0.247 e. The highest BCUT2D eigenvalue weighted by atomic mass is 16.4. The summed E-state index contributed by atoms with van der Waals surface area (Å²) >= 11 is 0. The third kappa shape index (κ3) is 3.63. The van der Waals surface area contributed by atoms with Crippen molar-refractivity contribution in [3.05, 3.63) is 66.6 Å². The van der Waals surface area contributed by atoms with Crippen LogP contribution in [-0.2, 0) is 6.54 Å². The summed E-state index contributed by atoms with van der Waals surface area (Å²) in [5.41, 5.74) is 1.93. The zero-order valence-electron chi connectivity index (χ0n) is 13.7. The topological polar surface area (TPSA) is 62.4 Å². The molecule has 0 saturated carbocycles. The number of para-hydroxylation sites is 1. The molecule has 0 amide bonds. The molecular formula is C19H21N3O2. The zero-order chi connectivity index (χ0) is 16.8. The van der Waals surface area contributed by atoms with Gasteiger partial charge < -0.3 is 14.4 Å². The van der Waals surface area contributed by atoms with E-state index in [0.717, 1.165) is 17.7 Å². The van der Waals surface area contributed by atoms with Gasteiger partial charge in [-0.25, -0.2) is 0 Å². The fraction of sp³-hybridized carbons (Fsp3) is 0.263. The van der Waals surface area contributed by atoms with E-state index in [0.29, 0.717) is 18.3 Å². The second-order valence-electron chi connectivity index (χ2n) is 5.58. The molecule has 0 saturated heterocycles. The van der Waals surface area contributed by atoms with E-state index >= 15 is 0 Å². The highest BCUT2D eigenvalue weighted by Crippen LogP contribution is 2.23. The first-order chi connectivity index (χ1) is 11.8. The Balaban J connectivity index is 1.84. The molecular weight excluding hydrogens is 302 g/mol. The molecule has 2 aromatic carbocycles. The van der Waals surface area contributed by atoms with Gasteiger partial charge in [-0.15, -0.1) is 10.2 Å². The Hall–Kier alpha value is -2.66. The summed E-state index contributed by atoms with van der Waals surface area (Å²) in [6.07, 6.45) is 0.824. The molecule has 0 bridgehead atoms. The number of nitrogens with zero attached hydrogens (tertiary/aromatic N) is 3. The van der Waals surface area contributed by atoms with Crippen molar-refractivity contribution in [2.75, 3.05) is 11.5 Å². The Morgan fingerprint density at radius 1 is 1.00 bits per heavy atom. The molecule has 0 radical (unpaired) electrons. The molecule has 1 unspecified atom stereocenters. The van der Waals surface area contributed by atoms with Gasteiger partial charge >= 0.3 is 0 Å². The fourth-order valence-corrected chi connectivity index (χ4v) is 2.66. The molecule has 124 valence electrons. The monoisotopic (exact) mass is 323 g/mol. The summed E-state index contributed by atoms with van der Waals surface area (Å²) < 4.78 is 5.82. The molecule has 1 atom stereocenters. The van der Waals surface area contributed by atoms with Gasteiger partial charge in [0.1, 0.15) is 0 Å². The highest BCUT2D eigenvalue weighted by molar-refractivity contribution is 5.52. The molecule has 5 nitrogen and oxygen atoms in total. The summed E-state index contributed by atoms with van der Waals surface area (Å²) in [5.74, 6) is 1.04. The highest BCUT2D eigenvalue weighted by Gasteiger charge is 2.20. The van der Waals surface area contributed by atoms with E-state index in [-0.39, 0.29) is 12.6 Å². The number of rotatable bonds is 7. The Kier molecular flexibility index (Phi) is 5.23. The van der Waals surface area contributed by atoms with Gasteiger partial charge in [0.25, 0.3) is 0 Å². The average molecular weight is 323 g/mol. The number of benzene rings is 2. The molecule has 0 aliphatic heterocycles. The summed E-state index contributed by atoms with van der Waals surface area (Å²) in [6, 6.07) is 19.7. The first-order valence-corrected chi connectivity index (χ1v) is 8.12. The molecule has 1 N–H and O–H groups in total. The van der Waals surface area contributed by atoms with Gasteiger partial charge in [0.15, 0.2) is 0 Å². The standard InChI is InChI=1S/C19H21N3O2/c1-2-16(14-23)22(17-11-7-4-8-12-17)13-18-20-21-19(24-18)15-9-5-3-6-10-15/h3-12,16,23H,2,13-14H2,1H3. The molecule has 1 heterocycles. The molecule has 0 spiro atoms. The normalized spacial score (nSPS) is 12.1. The van der Waals surface area contributed by atoms with Crippen molar-refractivity contribution < 1.29 is 9.52 Å². The first kappa shape index (κ1) is 16.2. The Morgan fingerprint density at radius 3 is 2.29 bits per heavy atom. The molecule has 0 fully saturated rings. The molecule has 3 aromatic rings. The molecule has 0 aliphatic rings. The third-order valence-electron chi connectivity index (χ3n) is 4.00. The second kappa shape index (κ2) is 7.75. The van der Waals surface area contributed by atoms with Gasteiger partial charge in [-0.3, -0.25) is 0 Å². The van der Waals surface area contributed by atoms with Crippen LogP contribution in [0.25, 0.3) is 11.5 Å². The summed E-state index contributed by atoms with van der Waals surface area (Å²) in [6.45, 7) is 2.59. The second-order valence-corrected chi connectivity index (χ2v) is 5.58. The van der Waals surface area contributed by atoms with Crippen molar-refractivity contribution in [1.82, 2.24) is 10.2 Å². The summed E-state index contributed by atoms with van der Waals surface area (Å²) in [7, 11) is 0. The largest absolute Gasteiger partial charge is 0.419 e. The van der Waals surface area contributed by atoms with Crippen LogP contribution in [0.5, 0.6) is 0 Å². The lowest BCUT2D eigenvalue weighted by Gasteiger charge is -2.30. The third-order valence-corrected chi connectivity index (χ3v) is 4.00. The van der Waals surface area contributed by atoms with Crippen molar-refractivity contribution in [3.8, 4) is 11.5 Å². The Labute approximate surface area is 141 Å². The van der Waals surface area contributed by atoms with Gasteiger partial charge in [0.2, 0.25) is 11.8 Å². The van der Waals surface area contributed by atoms with Gasteiger partial charge in [0.05, 0.1) is 19.2 Å². The van der Waals surface area contributed by atoms with Crippen molar-refractivity contribution in [2.45, 2.75) is 25.9 Å². The lowest BCUT2D eigenvalue weighted by Crippen LogP contribution is -2.37. The van der Waals surface area contributed by atoms with Crippen LogP contribution < -0.4 is 4.90 Å². The zero-order valence-corrected chi connectivity index (χ0v) is 13.7. The maximum Gasteiger partial charge on any atom is 0.247 e. The van der Waals surface area contributed by atoms with Crippen LogP contribution in [-0.4, -0.2) is 28.0 Å². The maximum atomic E-state index is 9.71. The molecule has 24 heavy (non-hydrogen) atoms. The van der Waals surface area contributed by atoms with Crippen molar-refractivity contribution in [3.63, 3.8) is 0 Å². The van der Waals surface area contributed by atoms with Crippen molar-refractivity contribution in [2.24, 2.45) is 0 Å². The molecule has 0 aliphatic carbocycles. The Morgan fingerprint density at radius 2 is 1.67 bits per heavy atom. The number of aliphatic hydroxyl groups is 1. The van der Waals surface area contributed by atoms with E-state index < -0.39 is 0 Å². The van der Waals surface area contributed by atoms with Crippen LogP contribution in [0.2, 0.25) is 0 Å². The maximum absolute atomic E-state index is 9.71. The molecule has 3 rings (SSSR count). The van der Waals surface area contributed by atoms with E-state index in [1.807, 2.05) is 60.7 Å². The van der Waals surface area contributed by atoms with Gasteiger partial charge in [0, 0.05) is 11.3 Å². The van der Waals surface area contributed by atoms with Crippen LogP contribution in [0.4, 0.5) is 5.69 Å². The van der Waals surface area contributed by atoms with Gasteiger partial charge in [-0.2, -0.15) is 0 Å². The SMILES string of the molecule is CCC(CO)N(Cc1nnc(-c2ccccc2)o1)c1ccccc1. The molecule has 5 heteroatoms. The van der Waals surface area contributed by atoms with E-state index in [1.54, 1.807) is 0 Å². The minimum atomic E-state index is -0.000486. The van der Waals surface area contributed by atoms with E-state index in [2.05, 4.69) is 22.0 Å². The van der Waals surface area contributed by atoms with Crippen LogP contribution in [0.15, 0.2) is 65.1 Å². The molecule has 1 aromatic heterocycles. The number of aliphatic hydroxyl groups excluding tert-OH is 1. The lowest BCUT2D eigenvalue weighted by atomic mass is 10.1. The number of hydrogen-bond donors (Lipinski definition) is 1. The quantitative estimate of drug-likeness (QED) is 0.721. The van der Waals surface area contributed by atoms with E-state index in [1.165, 1.54) is 0 Å². The van der Waals surface area contributed by atoms with Gasteiger partial charge in [-0.1, -0.05) is 43.3 Å². The van der Waals surface area contributed by atoms with E-state index in [9.17, 15) is 5.11 Å². The predicted octanol–water partition coefficient (Wildman–Crippen LogP) is 3.51. The average Bonchev–Trinajstić information content (AvgIpc) is 3.12. The van der Waals surface area contributed by atoms with Crippen LogP contribution >= 0.6 is 0 Å². The predicted molar refractivity (Wildman–Crippen MR) is 93.5 cm³/mol. The summed E-state index contributed by atoms with van der Waals surface area (Å²) in [4.78, 5) is 2.10. The number of anilines is 1. The number of aromatic nitrogens is 2. The minimum absolute atomic E-state index is 0.000486. The minimum Gasteiger partial charge on any atom is -0.419 e. The first-order valence-electron chi connectivity index (χ1n) is 8.12. The van der Waals surface area contributed by atoms with E-state index in [4.69, 9.17) is 4.42 Å². The lowest BCUT2D eigenvalue weighted by molar-refractivity contribution is 0.253. The van der Waals surface area contributed by atoms with Gasteiger partial charge in [-0.05, 0) is 30.7 Å². The van der Waals surface area contributed by atoms with Crippen molar-refractivity contribution in [1.29, 1.82) is 0 Å². The van der Waals surface area contributed by atoms with Crippen LogP contribution in [0.1, 0.15) is 19.2 Å². The summed E-state index contributed by atoms with van der Waals surface area (Å²) in [5, 5.41) is 18.0. The fourth-order valence-electron chi connectivity index (χ4n) is 2.66.